The number of nitrogens with zero attached hydrogens (tertiary/aromatic N) is 3. The number of likely N-dealkylation sites (N-methyl/N-ethyl adjacent to an activating group) is 1. The highest BCUT2D eigenvalue weighted by Crippen LogP contribution is 2.52. The molecule has 0 spiro atoms. The van der Waals surface area contributed by atoms with Crippen LogP contribution in [0.25, 0.3) is 6.08 Å². The van der Waals surface area contributed by atoms with Crippen LogP contribution in [-0.4, -0.2) is 108 Å². The molecule has 8 atom stereocenters. The lowest BCUT2D eigenvalue weighted by Gasteiger charge is -2.41. The highest BCUT2D eigenvalue weighted by Gasteiger charge is 2.67. The molecule has 3 fully saturated rings. The molecule has 15 nitrogen and oxygen atoms in total. The third kappa shape index (κ3) is 10.5. The predicted molar refractivity (Wildman–Crippen MR) is 227 cm³/mol. The van der Waals surface area contributed by atoms with Gasteiger partial charge in [-0.25, -0.2) is 32.0 Å². The van der Waals surface area contributed by atoms with Crippen LogP contribution in [0.1, 0.15) is 129 Å². The van der Waals surface area contributed by atoms with E-state index in [2.05, 4.69) is 10.6 Å². The van der Waals surface area contributed by atoms with Crippen LogP contribution in [0, 0.1) is 29.1 Å². The Morgan fingerprint density at radius 2 is 1.72 bits per heavy atom. The summed E-state index contributed by atoms with van der Waals surface area (Å²) < 4.78 is 119. The molecule has 0 bridgehead atoms. The van der Waals surface area contributed by atoms with E-state index in [9.17, 15) is 36.4 Å². The second kappa shape index (κ2) is 19.1. The third-order valence-corrected chi connectivity index (χ3v) is 15.6. The number of carbonyl (C=O) groups excluding carboxylic acids is 4. The van der Waals surface area contributed by atoms with Crippen molar-refractivity contribution in [2.24, 2.45) is 29.1 Å². The lowest BCUT2D eigenvalue weighted by atomic mass is 9.84. The number of carbonyl (C=O) groups is 4. The Kier molecular flexibility index (Phi) is 14.7. The quantitative estimate of drug-likeness (QED) is 0.233. The molecule has 0 radical (unpaired) electrons. The SMILES string of the molecule is CC[C@@H]1COc2nc3c(nc2CCCCC[C@@H]2CCC[C@@]2(C(F)(F)F)OC(=O)N[C@@H](C(C)(C)C)C(=O)N(CC)[C@@H]1C(=O)N[C@]1(C(=O)NS(=O)(=O)C2CC2)C[C@H]1C(F)F)CC(C)C(OC)=C3. The average Bonchev–Trinajstić information content (AvgIpc) is 4.15. The fourth-order valence-electron chi connectivity index (χ4n) is 9.70. The zero-order chi connectivity index (χ0) is 47.9. The van der Waals surface area contributed by atoms with Crippen molar-refractivity contribution in [3.8, 4) is 5.88 Å². The zero-order valence-corrected chi connectivity index (χ0v) is 38.9. The van der Waals surface area contributed by atoms with E-state index in [1.165, 1.54) is 6.92 Å². The second-order valence-electron chi connectivity index (χ2n) is 19.4. The highest BCUT2D eigenvalue weighted by molar-refractivity contribution is 7.91. The molecule has 65 heavy (non-hydrogen) atoms. The molecule has 1 aromatic rings. The molecule has 364 valence electrons. The fraction of sp³-hybridized carbons (Fsp3) is 0.773. The topological polar surface area (TPSA) is 195 Å². The van der Waals surface area contributed by atoms with Crippen LogP contribution in [0.5, 0.6) is 5.88 Å². The predicted octanol–water partition coefficient (Wildman–Crippen LogP) is 6.39. The summed E-state index contributed by atoms with van der Waals surface area (Å²) in [5.41, 5.74) is -4.77. The van der Waals surface area contributed by atoms with Gasteiger partial charge >= 0.3 is 12.3 Å². The lowest BCUT2D eigenvalue weighted by Crippen LogP contribution is -2.64. The molecule has 3 saturated carbocycles. The summed E-state index contributed by atoms with van der Waals surface area (Å²) in [6.45, 7) is 9.29. The smallest absolute Gasteiger partial charge is 0.428 e. The molecule has 3 N–H and O–H groups in total. The van der Waals surface area contributed by atoms with Gasteiger partial charge in [-0.05, 0) is 76.5 Å². The first-order chi connectivity index (χ1) is 30.4. The fourth-order valence-corrected chi connectivity index (χ4v) is 11.1. The molecule has 6 rings (SSSR count). The molecule has 0 aromatic carbocycles. The zero-order valence-electron chi connectivity index (χ0n) is 38.1. The van der Waals surface area contributed by atoms with Crippen LogP contribution in [-0.2, 0) is 46.7 Å². The Balaban J connectivity index is 1.44. The van der Waals surface area contributed by atoms with Gasteiger partial charge in [0, 0.05) is 36.8 Å². The Bertz CT molecular complexity index is 2120. The van der Waals surface area contributed by atoms with Gasteiger partial charge in [0.15, 0.2) is 0 Å². The van der Waals surface area contributed by atoms with Crippen molar-refractivity contribution in [1.29, 1.82) is 0 Å². The van der Waals surface area contributed by atoms with E-state index < -0.39 is 111 Å². The van der Waals surface area contributed by atoms with Crippen LogP contribution >= 0.6 is 0 Å². The maximum absolute atomic E-state index is 15.2. The average molecular weight is 947 g/mol. The highest BCUT2D eigenvalue weighted by atomic mass is 32.2. The van der Waals surface area contributed by atoms with Crippen LogP contribution in [0.4, 0.5) is 26.7 Å². The van der Waals surface area contributed by atoms with E-state index in [0.717, 1.165) is 4.90 Å². The van der Waals surface area contributed by atoms with Crippen LogP contribution in [0.2, 0.25) is 0 Å². The van der Waals surface area contributed by atoms with Crippen LogP contribution < -0.4 is 20.1 Å². The molecule has 4 aliphatic carbocycles. The molecule has 2 heterocycles. The number of aromatic nitrogens is 2. The first kappa shape index (κ1) is 50.1. The summed E-state index contributed by atoms with van der Waals surface area (Å²) in [7, 11) is -2.70. The number of allylic oxidation sites excluding steroid dienone is 1. The number of aryl methyl sites for hydroxylation is 1. The number of halogens is 5. The van der Waals surface area contributed by atoms with E-state index in [1.807, 2.05) is 11.6 Å². The van der Waals surface area contributed by atoms with Gasteiger partial charge in [0.1, 0.15) is 29.1 Å². The molecule has 4 amide bonds. The van der Waals surface area contributed by atoms with Gasteiger partial charge in [0.25, 0.3) is 5.91 Å². The summed E-state index contributed by atoms with van der Waals surface area (Å²) in [4.78, 5) is 68.2. The Hall–Kier alpha value is -4.30. The number of alkyl carbamates (subject to hydrolysis) is 1. The van der Waals surface area contributed by atoms with Crippen LogP contribution in [0.3, 0.4) is 0 Å². The molecular weight excluding hydrogens is 884 g/mol. The minimum atomic E-state index is -4.95. The molecule has 1 aliphatic heterocycles. The minimum absolute atomic E-state index is 0.0125. The van der Waals surface area contributed by atoms with E-state index in [-0.39, 0.29) is 63.5 Å². The molecule has 21 heteroatoms. The number of alkyl halides is 5. The van der Waals surface area contributed by atoms with Gasteiger partial charge in [-0.2, -0.15) is 13.2 Å². The van der Waals surface area contributed by atoms with Gasteiger partial charge in [0.2, 0.25) is 39.7 Å². The molecule has 0 saturated heterocycles. The van der Waals surface area contributed by atoms with E-state index in [1.54, 1.807) is 40.9 Å². The number of amides is 4. The van der Waals surface area contributed by atoms with E-state index in [4.69, 9.17) is 24.2 Å². The van der Waals surface area contributed by atoms with Crippen molar-refractivity contribution in [3.05, 3.63) is 22.8 Å². The third-order valence-electron chi connectivity index (χ3n) is 13.8. The van der Waals surface area contributed by atoms with E-state index >= 15 is 13.2 Å². The van der Waals surface area contributed by atoms with Crippen molar-refractivity contribution < 1.29 is 63.8 Å². The van der Waals surface area contributed by atoms with Gasteiger partial charge in [-0.1, -0.05) is 47.5 Å². The minimum Gasteiger partial charge on any atom is -0.501 e. The standard InChI is InChI=1S/C44H63F5N6O9S/c1-8-25-23-63-37-29(50-30-20-24(3)32(62-7)21-31(30)51-37)16-12-10-11-14-26-15-13-19-43(26,44(47,48)49)64-40(59)52-34(41(4,5)6)38(57)55(9-2)33(25)36(56)53-42(22-28(42)35(45)46)39(58)54-65(60,61)27-17-18-27/h21,24-28,33-35H,8-20,22-23H2,1-7H3,(H,52,59)(H,53,56)(H,54,58)/t24?,25-,26-,28+,33+,34-,42-,43-/m1/s1. The second-order valence-corrected chi connectivity index (χ2v) is 21.4. The number of ether oxygens (including phenoxy) is 3. The largest absolute Gasteiger partial charge is 0.501 e. The summed E-state index contributed by atoms with van der Waals surface area (Å²) >= 11 is 0. The lowest BCUT2D eigenvalue weighted by molar-refractivity contribution is -0.271. The first-order valence-corrected chi connectivity index (χ1v) is 24.3. The maximum atomic E-state index is 15.2. The Morgan fingerprint density at radius 1 is 1.03 bits per heavy atom. The van der Waals surface area contributed by atoms with Gasteiger partial charge in [0.05, 0.1) is 36.3 Å². The number of hydrogen-bond acceptors (Lipinski definition) is 11. The number of rotatable bonds is 9. The summed E-state index contributed by atoms with van der Waals surface area (Å²) in [6, 6.07) is -3.24. The number of hydrogen-bond donors (Lipinski definition) is 3. The summed E-state index contributed by atoms with van der Waals surface area (Å²) in [5, 5.41) is 3.94. The molecule has 1 unspecified atom stereocenters. The molecular formula is C44H63F5N6O9S. The monoisotopic (exact) mass is 946 g/mol. The van der Waals surface area contributed by atoms with Crippen molar-refractivity contribution in [3.63, 3.8) is 0 Å². The number of nitrogens with one attached hydrogen (secondary N) is 3. The van der Waals surface area contributed by atoms with Crippen LogP contribution in [0.15, 0.2) is 5.76 Å². The van der Waals surface area contributed by atoms with Crippen molar-refractivity contribution in [1.82, 2.24) is 30.2 Å². The molecule has 1 aromatic heterocycles. The number of methoxy groups -OCH3 is 1. The van der Waals surface area contributed by atoms with Gasteiger partial charge < -0.3 is 29.7 Å². The van der Waals surface area contributed by atoms with E-state index in [0.29, 0.717) is 54.9 Å². The first-order valence-electron chi connectivity index (χ1n) is 22.7. The summed E-state index contributed by atoms with van der Waals surface area (Å²) in [5.74, 6) is -6.42. The van der Waals surface area contributed by atoms with Crippen molar-refractivity contribution in [2.75, 3.05) is 20.3 Å². The number of sulfonamides is 1. The van der Waals surface area contributed by atoms with Crippen molar-refractivity contribution >= 4 is 39.9 Å². The summed E-state index contributed by atoms with van der Waals surface area (Å²) in [6.07, 6.45) is -5.63. The Morgan fingerprint density at radius 3 is 2.31 bits per heavy atom. The molecule has 5 aliphatic rings. The van der Waals surface area contributed by atoms with Gasteiger partial charge in [-0.3, -0.25) is 19.1 Å². The normalized spacial score (nSPS) is 30.7. The Labute approximate surface area is 377 Å². The van der Waals surface area contributed by atoms with Gasteiger partial charge in [-0.15, -0.1) is 0 Å². The maximum Gasteiger partial charge on any atom is 0.428 e. The van der Waals surface area contributed by atoms with Crippen molar-refractivity contribution in [2.45, 2.75) is 166 Å². The number of fused-ring (bicyclic) bond motifs is 3.